The number of fused-ring (bicyclic) bond motifs is 19. The van der Waals surface area contributed by atoms with Crippen molar-refractivity contribution in [3.63, 3.8) is 0 Å². The molecule has 11 heterocycles. The number of hydrogen-bond donors (Lipinski definition) is 12. The Kier molecular flexibility index (Phi) is 28.2. The van der Waals surface area contributed by atoms with Crippen LogP contribution in [0.4, 0.5) is 5.69 Å². The summed E-state index contributed by atoms with van der Waals surface area (Å²) in [6.45, 7) is 2.17. The number of amides is 3. The van der Waals surface area contributed by atoms with E-state index in [9.17, 15) is 29.6 Å². The Hall–Kier alpha value is -12.5. The molecule has 26 rings (SSSR count). The van der Waals surface area contributed by atoms with Crippen LogP contribution in [0.15, 0.2) is 260 Å². The van der Waals surface area contributed by atoms with Gasteiger partial charge in [0, 0.05) is 185 Å². The number of aryl methyl sites for hydroxylation is 8. The molecule has 1 fully saturated rings. The summed E-state index contributed by atoms with van der Waals surface area (Å²) in [5.74, 6) is 0.802. The molecule has 11 aromatic heterocycles. The van der Waals surface area contributed by atoms with Crippen molar-refractivity contribution in [2.24, 2.45) is 12.0 Å². The molecular weight excluding hydrogens is 2010 g/mol. The van der Waals surface area contributed by atoms with E-state index in [2.05, 4.69) is 249 Å². The molecule has 1 saturated carbocycles. The van der Waals surface area contributed by atoms with Crippen molar-refractivity contribution in [3.8, 4) is 5.88 Å². The molecule has 3 amide bonds. The maximum atomic E-state index is 12.5. The average Bonchev–Trinajstić information content (AvgIpc) is 1.62. The van der Waals surface area contributed by atoms with Crippen LogP contribution in [0, 0.1) is 17.0 Å². The largest absolute Gasteiger partial charge is 0.494 e. The van der Waals surface area contributed by atoms with Gasteiger partial charge >= 0.3 is 0 Å². The van der Waals surface area contributed by atoms with Gasteiger partial charge in [0.25, 0.3) is 23.4 Å². The Labute approximate surface area is 854 Å². The van der Waals surface area contributed by atoms with Crippen molar-refractivity contribution in [2.45, 2.75) is 196 Å². The molecule has 6 atom stereocenters. The number of nitrogens with zero attached hydrogens (tertiary/aromatic N) is 4. The van der Waals surface area contributed by atoms with Crippen LogP contribution in [0.1, 0.15) is 260 Å². The average molecular weight is 2130 g/mol. The van der Waals surface area contributed by atoms with E-state index >= 15 is 0 Å². The summed E-state index contributed by atoms with van der Waals surface area (Å²) in [6, 6.07) is 73.0. The summed E-state index contributed by atoms with van der Waals surface area (Å²) in [4.78, 5) is 78.0. The Morgan fingerprint density at radius 1 is 0.461 bits per heavy atom. The minimum atomic E-state index is -0.303. The quantitative estimate of drug-likeness (QED) is 0.0301. The van der Waals surface area contributed by atoms with Gasteiger partial charge in [-0.05, 0) is 326 Å². The van der Waals surface area contributed by atoms with Gasteiger partial charge in [0.1, 0.15) is 5.69 Å². The first-order valence-corrected chi connectivity index (χ1v) is 53.8. The number of nitro groups is 1. The van der Waals surface area contributed by atoms with Gasteiger partial charge in [-0.1, -0.05) is 138 Å². The minimum absolute atomic E-state index is 0.0129. The third kappa shape index (κ3) is 20.3. The zero-order chi connectivity index (χ0) is 96.5. The van der Waals surface area contributed by atoms with Gasteiger partial charge in [0.15, 0.2) is 5.88 Å². The second-order valence-corrected chi connectivity index (χ2v) is 43.6. The number of aromatic hydroxyl groups is 1. The van der Waals surface area contributed by atoms with Crippen LogP contribution in [0.2, 0.25) is 4.34 Å². The molecule has 718 valence electrons. The van der Waals surface area contributed by atoms with Crippen LogP contribution in [-0.2, 0) is 45.6 Å². The van der Waals surface area contributed by atoms with Crippen LogP contribution >= 0.6 is 82.1 Å². The summed E-state index contributed by atoms with van der Waals surface area (Å²) >= 11 is 19.4. The lowest BCUT2D eigenvalue weighted by molar-refractivity contribution is -0.384. The van der Waals surface area contributed by atoms with Crippen molar-refractivity contribution in [3.05, 3.63) is 370 Å². The number of aliphatic imine (C=N–C) groups is 1. The Balaban J connectivity index is 0.000000101. The molecule has 7 aliphatic rings. The number of non-ortho nitro benzene ring substituents is 1. The minimum Gasteiger partial charge on any atom is -0.494 e. The lowest BCUT2D eigenvalue weighted by atomic mass is 9.81. The molecule has 0 saturated heterocycles. The predicted octanol–water partition coefficient (Wildman–Crippen LogP) is 29.2. The first-order valence-electron chi connectivity index (χ1n) is 49.3. The van der Waals surface area contributed by atoms with E-state index in [1.54, 1.807) is 35.6 Å². The Morgan fingerprint density at radius 2 is 0.936 bits per heavy atom. The maximum Gasteiger partial charge on any atom is 0.270 e. The molecule has 7 aliphatic carbocycles. The third-order valence-electron chi connectivity index (χ3n) is 29.5. The highest BCUT2D eigenvalue weighted by atomic mass is 79.9. The van der Waals surface area contributed by atoms with Gasteiger partial charge in [0.2, 0.25) is 0 Å². The number of aromatic amines is 7. The lowest BCUT2D eigenvalue weighted by Crippen LogP contribution is -2.37. The number of nitro benzene ring substituents is 1. The Bertz CT molecular complexity index is 7840. The molecule has 141 heavy (non-hydrogen) atoms. The number of para-hydroxylation sites is 2. The number of hydrogen-bond acceptors (Lipinski definition) is 10. The zero-order valence-electron chi connectivity index (χ0n) is 78.5. The van der Waals surface area contributed by atoms with E-state index in [4.69, 9.17) is 16.6 Å². The highest BCUT2D eigenvalue weighted by Crippen LogP contribution is 2.46. The standard InChI is InChI=1S/C24H27N3O2.C21H19N3O.C18H18BrN3O.C17H14BrClN2OS.C17H15BrN2OS.C17H18N2/c28-27(29)19-13-14-22-21(15-19)20-7-4-8-23(24(20)26-22)25-18-11-9-17(10-12-18)16-5-2-1-3-6-16;25-21-16(14-7-2-4-10-18(14)24-21)12-22-19-11-5-8-15-13-6-1-3-9-17(13)23-20(15)19;1-22-9-3-6-16(22)18(23)21-15-5-2-4-12-13-10-11(19)7-8-14(13)20-17(12)15;18-9-4-5-12-11(8-9)10-2-1-3-13(16(10)20-12)21-17(22)14-6-7-15(19)23-14;18-11-4-5-14-13(8-11)12-2-1-3-15(16(12)19-14)20-17(21)10-6-7-22-9-10;1-12-7-8-15-14(11-12)13-5-4-6-16(17(13)18-15)19-9-2-3-10-19/h1-3,5-6,13-15,17-18,23,25-26H,4,7-12H2;1-4,6-7,9-10,12,19,23-25H,5,8,11H2;3,6-10,15,20H,2,4-5H2,1H3,(H,21,23);4-8,13,20H,1-3H2,(H,21,22);4-9,15,19H,1-3H2,(H,20,21);2-3,7-11,16,18H,4-6H2,1H3. The topological polar surface area (TPSA) is 295 Å². The number of benzene rings is 8. The van der Waals surface area contributed by atoms with Gasteiger partial charge in [-0.15, -0.1) is 11.3 Å². The predicted molar refractivity (Wildman–Crippen MR) is 582 cm³/mol. The summed E-state index contributed by atoms with van der Waals surface area (Å²) in [5, 5.41) is 47.2. The van der Waals surface area contributed by atoms with Gasteiger partial charge < -0.3 is 70.4 Å². The van der Waals surface area contributed by atoms with Gasteiger partial charge in [0.05, 0.1) is 55.5 Å². The van der Waals surface area contributed by atoms with Crippen molar-refractivity contribution in [2.75, 3.05) is 0 Å². The van der Waals surface area contributed by atoms with Crippen molar-refractivity contribution < 1.29 is 24.4 Å². The highest BCUT2D eigenvalue weighted by Gasteiger charge is 2.35. The van der Waals surface area contributed by atoms with E-state index in [0.717, 1.165) is 171 Å². The van der Waals surface area contributed by atoms with Crippen LogP contribution < -0.4 is 21.3 Å². The van der Waals surface area contributed by atoms with Crippen LogP contribution in [0.5, 0.6) is 5.88 Å². The molecular formula is C114H111Br3ClN15O6S2. The first-order chi connectivity index (χ1) is 68.8. The second-order valence-electron chi connectivity index (χ2n) is 38.4. The summed E-state index contributed by atoms with van der Waals surface area (Å²) < 4.78 is 8.07. The Morgan fingerprint density at radius 3 is 1.50 bits per heavy atom. The molecule has 0 bridgehead atoms. The summed E-state index contributed by atoms with van der Waals surface area (Å²) in [6.07, 6.45) is 32.5. The molecule has 27 heteroatoms. The SMILES string of the molecule is Cc1ccc2[nH]c3c(c2c1)CCCC3n1cccc1.Cn1cccc1C(=O)NC1CCCc2c1[nH]c1ccc(Br)cc21.O=C(NC1CCCc2c1[nH]c1ccc(Br)cc21)c1ccc(Cl)s1.O=C(NC1CCCc2c1[nH]c1ccc(Br)cc21)c1ccsc1.O=[N+]([O-])c1ccc2[nH]c3c(c2c1)CCCC3NC1CCC(c2ccccc2)CC1.Oc1[nH]c2ccccc2c1C=NC1CCCc2c1[nH]c1ccccc21. The number of H-pyrrole nitrogens is 7. The van der Waals surface area contributed by atoms with Crippen molar-refractivity contribution >= 4 is 188 Å². The van der Waals surface area contributed by atoms with E-state index in [1.807, 2.05) is 102 Å². The first kappa shape index (κ1) is 94.7. The maximum absolute atomic E-state index is 12.5. The number of carbonyl (C=O) groups excluding carboxylic acids is 3. The fourth-order valence-corrected chi connectivity index (χ4v) is 25.4. The van der Waals surface area contributed by atoms with E-state index in [-0.39, 0.29) is 58.4 Å². The van der Waals surface area contributed by atoms with Crippen molar-refractivity contribution in [1.29, 1.82) is 0 Å². The van der Waals surface area contributed by atoms with E-state index in [0.29, 0.717) is 39.0 Å². The molecule has 21 nitrogen and oxygen atoms in total. The molecule has 8 aromatic carbocycles. The molecule has 0 spiro atoms. The molecule has 19 aromatic rings. The van der Waals surface area contributed by atoms with Gasteiger partial charge in [-0.2, -0.15) is 11.3 Å². The fraction of sp³-hybridized carbons (Fsp3) is 0.281. The molecule has 0 aliphatic heterocycles. The summed E-state index contributed by atoms with van der Waals surface area (Å²) in [5.41, 5.74) is 28.6. The molecule has 0 radical (unpaired) electrons. The zero-order valence-corrected chi connectivity index (χ0v) is 85.6. The number of carbonyl (C=O) groups is 3. The number of rotatable bonds is 13. The number of nitrogens with one attached hydrogen (secondary N) is 11. The van der Waals surface area contributed by atoms with Crippen LogP contribution in [0.25, 0.3) is 76.3 Å². The van der Waals surface area contributed by atoms with Gasteiger partial charge in [-0.3, -0.25) is 29.5 Å². The fourth-order valence-electron chi connectivity index (χ4n) is 22.7. The molecule has 12 N–H and O–H groups in total. The smallest absolute Gasteiger partial charge is 0.270 e. The number of halogens is 4. The van der Waals surface area contributed by atoms with Gasteiger partial charge in [-0.25, -0.2) is 0 Å². The molecule has 6 unspecified atom stereocenters. The second kappa shape index (κ2) is 41.9. The van der Waals surface area contributed by atoms with E-state index in [1.165, 1.54) is 162 Å². The third-order valence-corrected chi connectivity index (χ3v) is 32.9. The summed E-state index contributed by atoms with van der Waals surface area (Å²) in [7, 11) is 1.89. The van der Waals surface area contributed by atoms with Crippen molar-refractivity contribution in [1.82, 2.24) is 65.3 Å². The highest BCUT2D eigenvalue weighted by molar-refractivity contribution is 9.11. The van der Waals surface area contributed by atoms with Crippen LogP contribution in [-0.4, -0.2) is 84.0 Å². The number of aromatic nitrogens is 9. The van der Waals surface area contributed by atoms with Crippen LogP contribution in [0.3, 0.4) is 0 Å². The van der Waals surface area contributed by atoms with E-state index < -0.39 is 0 Å². The number of thiophene rings is 2. The lowest BCUT2D eigenvalue weighted by Gasteiger charge is -2.34. The normalized spacial score (nSPS) is 19.0. The monoisotopic (exact) mass is 2120 g/mol.